The molecule has 0 saturated carbocycles. The maximum Gasteiger partial charge on any atom is 0.342 e. The highest BCUT2D eigenvalue weighted by Gasteiger charge is 2.43. The van der Waals surface area contributed by atoms with Gasteiger partial charge in [0.15, 0.2) is 0 Å². The summed E-state index contributed by atoms with van der Waals surface area (Å²) in [5.74, 6) is 0.298. The van der Waals surface area contributed by atoms with Crippen LogP contribution >= 0.6 is 11.6 Å². The molecule has 1 fully saturated rings. The van der Waals surface area contributed by atoms with E-state index >= 15 is 0 Å². The van der Waals surface area contributed by atoms with Crippen LogP contribution in [-0.2, 0) is 15.9 Å². The van der Waals surface area contributed by atoms with E-state index in [1.807, 2.05) is 19.1 Å². The second-order valence-corrected chi connectivity index (χ2v) is 23.7. The molecule has 2 heterocycles. The first-order valence-corrected chi connectivity index (χ1v) is 20.1. The molecule has 1 aromatic rings. The van der Waals surface area contributed by atoms with Crippen LogP contribution in [0.1, 0.15) is 70.8 Å². The monoisotopic (exact) mass is 607 g/mol. The van der Waals surface area contributed by atoms with Crippen LogP contribution in [0, 0.1) is 0 Å². The van der Waals surface area contributed by atoms with Crippen LogP contribution in [0.2, 0.25) is 41.3 Å². The van der Waals surface area contributed by atoms with Crippen molar-refractivity contribution < 1.29 is 28.3 Å². The molecule has 1 N–H and O–H groups in total. The van der Waals surface area contributed by atoms with E-state index in [1.165, 1.54) is 0 Å². The van der Waals surface area contributed by atoms with Crippen molar-refractivity contribution >= 4 is 39.9 Å². The lowest BCUT2D eigenvalue weighted by atomic mass is 9.99. The lowest BCUT2D eigenvalue weighted by Crippen LogP contribution is -2.45. The van der Waals surface area contributed by atoms with E-state index in [-0.39, 0.29) is 39.3 Å². The van der Waals surface area contributed by atoms with Gasteiger partial charge in [-0.3, -0.25) is 0 Å². The largest absolute Gasteiger partial charge is 0.543 e. The molecule has 3 unspecified atom stereocenters. The maximum atomic E-state index is 13.9. The van der Waals surface area contributed by atoms with Crippen molar-refractivity contribution in [2.24, 2.45) is 5.16 Å². The Morgan fingerprint density at radius 3 is 2.12 bits per heavy atom. The molecule has 10 heteroatoms. The summed E-state index contributed by atoms with van der Waals surface area (Å²) in [4.78, 5) is 13.9. The third-order valence-corrected chi connectivity index (χ3v) is 17.6. The lowest BCUT2D eigenvalue weighted by Gasteiger charge is -2.39. The van der Waals surface area contributed by atoms with Crippen LogP contribution in [0.3, 0.4) is 0 Å². The van der Waals surface area contributed by atoms with Gasteiger partial charge in [-0.1, -0.05) is 76.5 Å². The SMILES string of the molecule is CC1CC2OC2/C=C\C=C\C(=NO)Cc2c(Cl)c(O[Si](C)(C)C(C)(C)C)cc(O[Si](C)(C)C(C)(C)C)c2C(=O)O1. The number of esters is 1. The van der Waals surface area contributed by atoms with E-state index in [0.717, 1.165) is 0 Å². The number of ether oxygens (including phenoxy) is 2. The number of carbonyl (C=O) groups excluding carboxylic acids is 1. The fourth-order valence-electron chi connectivity index (χ4n) is 3.84. The van der Waals surface area contributed by atoms with Gasteiger partial charge in [0, 0.05) is 18.9 Å². The molecule has 2 aliphatic rings. The minimum Gasteiger partial charge on any atom is -0.543 e. The van der Waals surface area contributed by atoms with E-state index in [1.54, 1.807) is 18.2 Å². The Kier molecular flexibility index (Phi) is 9.46. The molecule has 0 bridgehead atoms. The summed E-state index contributed by atoms with van der Waals surface area (Å²) >= 11 is 7.07. The number of cyclic esters (lactones) is 1. The number of benzene rings is 1. The molecule has 0 amide bonds. The molecule has 0 radical (unpaired) electrons. The molecule has 0 aliphatic carbocycles. The molecule has 3 rings (SSSR count). The minimum absolute atomic E-state index is 0.0206. The first-order chi connectivity index (χ1) is 18.3. The summed E-state index contributed by atoms with van der Waals surface area (Å²) in [7, 11) is -4.74. The van der Waals surface area contributed by atoms with Crippen molar-refractivity contribution in [1.82, 2.24) is 0 Å². The van der Waals surface area contributed by atoms with Crippen LogP contribution in [0.15, 0.2) is 35.5 Å². The molecular formula is C30H46ClNO6Si2. The normalized spacial score (nSPS) is 25.2. The molecule has 1 saturated heterocycles. The molecule has 2 aliphatic heterocycles. The third kappa shape index (κ3) is 7.40. The van der Waals surface area contributed by atoms with Crippen molar-refractivity contribution in [3.63, 3.8) is 0 Å². The van der Waals surface area contributed by atoms with Gasteiger partial charge in [0.05, 0.1) is 16.8 Å². The molecule has 0 aromatic heterocycles. The summed E-state index contributed by atoms with van der Waals surface area (Å²) in [6, 6.07) is 1.76. The van der Waals surface area contributed by atoms with E-state index in [0.29, 0.717) is 29.2 Å². The van der Waals surface area contributed by atoms with Crippen molar-refractivity contribution in [1.29, 1.82) is 0 Å². The third-order valence-electron chi connectivity index (χ3n) is 8.52. The highest BCUT2D eigenvalue weighted by Crippen LogP contribution is 2.46. The van der Waals surface area contributed by atoms with Crippen LogP contribution < -0.4 is 8.85 Å². The number of hydrogen-bond donors (Lipinski definition) is 1. The van der Waals surface area contributed by atoms with Gasteiger partial charge in [-0.05, 0) is 54.8 Å². The Morgan fingerprint density at radius 1 is 1.00 bits per heavy atom. The standard InChI is InChI=1S/C30H46ClNO6Si2/c1-19-16-23-22(36-23)15-13-12-14-20(32-34)17-21-26(28(33)35-19)24(37-39(8,9)29(2,3)4)18-25(27(21)31)38-40(10,11)30(5,6)7/h12-15,18-19,22-23,34H,16-17H2,1-11H3/b14-12+,15-13-,32-20?. The van der Waals surface area contributed by atoms with Gasteiger partial charge in [-0.25, -0.2) is 4.79 Å². The molecule has 40 heavy (non-hydrogen) atoms. The topological polar surface area (TPSA) is 89.9 Å². The molecule has 3 atom stereocenters. The van der Waals surface area contributed by atoms with Crippen LogP contribution in [0.25, 0.3) is 0 Å². The average Bonchev–Trinajstić information content (AvgIpc) is 3.53. The zero-order chi connectivity index (χ0) is 30.3. The van der Waals surface area contributed by atoms with Gasteiger partial charge in [0.2, 0.25) is 0 Å². The summed E-state index contributed by atoms with van der Waals surface area (Å²) < 4.78 is 25.2. The van der Waals surface area contributed by atoms with Gasteiger partial charge in [-0.2, -0.15) is 0 Å². The molecule has 7 nitrogen and oxygen atoms in total. The van der Waals surface area contributed by atoms with Gasteiger partial charge in [0.25, 0.3) is 16.6 Å². The molecule has 0 spiro atoms. The van der Waals surface area contributed by atoms with Gasteiger partial charge in [-0.15, -0.1) is 0 Å². The van der Waals surface area contributed by atoms with E-state index in [9.17, 15) is 10.0 Å². The minimum atomic E-state index is -2.42. The zero-order valence-corrected chi connectivity index (χ0v) is 28.6. The molecular weight excluding hydrogens is 562 g/mol. The van der Waals surface area contributed by atoms with E-state index in [4.69, 9.17) is 29.9 Å². The number of halogens is 1. The second kappa shape index (κ2) is 11.7. The van der Waals surface area contributed by atoms with Crippen LogP contribution in [0.4, 0.5) is 0 Å². The Balaban J connectivity index is 2.27. The van der Waals surface area contributed by atoms with E-state index < -0.39 is 28.7 Å². The van der Waals surface area contributed by atoms with Crippen molar-refractivity contribution in [3.05, 3.63) is 46.5 Å². The quantitative estimate of drug-likeness (QED) is 0.122. The number of nitrogens with zero attached hydrogens (tertiary/aromatic N) is 1. The predicted molar refractivity (Wildman–Crippen MR) is 166 cm³/mol. The lowest BCUT2D eigenvalue weighted by molar-refractivity contribution is 0.0306. The average molecular weight is 608 g/mol. The molecule has 222 valence electrons. The second-order valence-electron chi connectivity index (χ2n) is 13.9. The van der Waals surface area contributed by atoms with Crippen molar-refractivity contribution in [2.45, 2.75) is 116 Å². The first-order valence-electron chi connectivity index (χ1n) is 13.9. The van der Waals surface area contributed by atoms with Crippen molar-refractivity contribution in [2.75, 3.05) is 0 Å². The summed E-state index contributed by atoms with van der Waals surface area (Å²) in [5.41, 5.74) is 1.00. The Labute approximate surface area is 246 Å². The molecule has 1 aromatic carbocycles. The summed E-state index contributed by atoms with van der Waals surface area (Å²) in [6.45, 7) is 23.3. The summed E-state index contributed by atoms with van der Waals surface area (Å²) in [5, 5.41) is 13.5. The van der Waals surface area contributed by atoms with Gasteiger partial charge >= 0.3 is 5.97 Å². The number of hydrogen-bond acceptors (Lipinski definition) is 7. The fraction of sp³-hybridized carbons (Fsp3) is 0.600. The Bertz CT molecular complexity index is 1210. The highest BCUT2D eigenvalue weighted by atomic mass is 35.5. The number of allylic oxidation sites excluding steroid dienone is 3. The van der Waals surface area contributed by atoms with E-state index in [2.05, 4.69) is 72.9 Å². The highest BCUT2D eigenvalue weighted by molar-refractivity contribution is 6.75. The zero-order valence-electron chi connectivity index (χ0n) is 25.8. The van der Waals surface area contributed by atoms with Crippen molar-refractivity contribution in [3.8, 4) is 11.5 Å². The van der Waals surface area contributed by atoms with Gasteiger partial charge < -0.3 is 23.5 Å². The van der Waals surface area contributed by atoms with Crippen LogP contribution in [0.5, 0.6) is 11.5 Å². The summed E-state index contributed by atoms with van der Waals surface area (Å²) in [6.07, 6.45) is 7.48. The number of oxime groups is 1. The number of fused-ring (bicyclic) bond motifs is 2. The number of epoxide rings is 1. The van der Waals surface area contributed by atoms with Gasteiger partial charge in [0.1, 0.15) is 29.3 Å². The van der Waals surface area contributed by atoms with Crippen LogP contribution in [-0.4, -0.2) is 51.8 Å². The Hall–Kier alpha value is -2.08. The predicted octanol–water partition coefficient (Wildman–Crippen LogP) is 8.31. The number of carbonyl (C=O) groups is 1. The fourth-order valence-corrected chi connectivity index (χ4v) is 6.20. The first kappa shape index (κ1) is 32.4. The maximum absolute atomic E-state index is 13.9. The Morgan fingerprint density at radius 2 is 1.57 bits per heavy atom. The smallest absolute Gasteiger partial charge is 0.342 e. The number of rotatable bonds is 4.